The highest BCUT2D eigenvalue weighted by atomic mass is 32.1. The third-order valence-electron chi connectivity index (χ3n) is 3.88. The quantitative estimate of drug-likeness (QED) is 0.902. The second kappa shape index (κ2) is 6.58. The van der Waals surface area contributed by atoms with Crippen LogP contribution in [0.5, 0.6) is 0 Å². The van der Waals surface area contributed by atoms with Gasteiger partial charge in [-0.3, -0.25) is 14.5 Å². The minimum absolute atomic E-state index is 0.0578. The Kier molecular flexibility index (Phi) is 5.00. The summed E-state index contributed by atoms with van der Waals surface area (Å²) < 4.78 is 0. The number of hydrogen-bond donors (Lipinski definition) is 1. The van der Waals surface area contributed by atoms with Crippen LogP contribution in [0.25, 0.3) is 0 Å². The molecule has 1 fully saturated rings. The van der Waals surface area contributed by atoms with E-state index in [0.717, 1.165) is 19.6 Å². The van der Waals surface area contributed by atoms with Crippen LogP contribution in [0.3, 0.4) is 0 Å². The zero-order valence-electron chi connectivity index (χ0n) is 12.5. The summed E-state index contributed by atoms with van der Waals surface area (Å²) in [6.45, 7) is 7.16. The fraction of sp³-hybridized carbons (Fsp3) is 0.600. The van der Waals surface area contributed by atoms with Gasteiger partial charge in [-0.15, -0.1) is 0 Å². The molecule has 1 aliphatic heterocycles. The molecular formula is C15H22N2O3S. The smallest absolute Gasteiger partial charge is 0.309 e. The van der Waals surface area contributed by atoms with Crippen molar-refractivity contribution in [1.82, 2.24) is 9.80 Å². The molecule has 0 bridgehead atoms. The molecule has 2 rings (SSSR count). The van der Waals surface area contributed by atoms with Crippen molar-refractivity contribution in [3.8, 4) is 0 Å². The summed E-state index contributed by atoms with van der Waals surface area (Å²) in [5.41, 5.74) is 0.317. The molecule has 116 valence electrons. The van der Waals surface area contributed by atoms with Gasteiger partial charge in [-0.25, -0.2) is 0 Å². The highest BCUT2D eigenvalue weighted by Gasteiger charge is 2.33. The van der Waals surface area contributed by atoms with Crippen molar-refractivity contribution in [2.45, 2.75) is 26.8 Å². The van der Waals surface area contributed by atoms with Crippen LogP contribution >= 0.6 is 11.3 Å². The molecule has 6 heteroatoms. The molecule has 0 aliphatic carbocycles. The number of carboxylic acid groups (broad SMARTS) is 1. The summed E-state index contributed by atoms with van der Waals surface area (Å²) in [6.07, 6.45) is 0.0624. The molecule has 1 amide bonds. The lowest BCUT2D eigenvalue weighted by Crippen LogP contribution is -2.49. The summed E-state index contributed by atoms with van der Waals surface area (Å²) in [6, 6.07) is 2.12. The topological polar surface area (TPSA) is 60.9 Å². The fourth-order valence-corrected chi connectivity index (χ4v) is 3.02. The van der Waals surface area contributed by atoms with E-state index in [1.54, 1.807) is 30.1 Å². The van der Waals surface area contributed by atoms with Crippen LogP contribution in [0.2, 0.25) is 0 Å². The number of aliphatic carboxylic acids is 1. The third-order valence-corrected chi connectivity index (χ3v) is 4.62. The van der Waals surface area contributed by atoms with E-state index in [0.29, 0.717) is 13.1 Å². The summed E-state index contributed by atoms with van der Waals surface area (Å²) in [5, 5.41) is 13.3. The Morgan fingerprint density at radius 3 is 2.48 bits per heavy atom. The molecule has 21 heavy (non-hydrogen) atoms. The van der Waals surface area contributed by atoms with Crippen LogP contribution in [0, 0.1) is 5.41 Å². The van der Waals surface area contributed by atoms with Gasteiger partial charge >= 0.3 is 5.97 Å². The molecule has 1 aromatic heterocycles. The molecule has 0 spiro atoms. The van der Waals surface area contributed by atoms with E-state index in [1.807, 2.05) is 0 Å². The summed E-state index contributed by atoms with van der Waals surface area (Å²) >= 11 is 1.70. The maximum Gasteiger partial charge on any atom is 0.309 e. The van der Waals surface area contributed by atoms with Crippen LogP contribution < -0.4 is 0 Å². The molecule has 1 saturated heterocycles. The van der Waals surface area contributed by atoms with Crippen molar-refractivity contribution in [3.63, 3.8) is 0 Å². The number of carbonyl (C=O) groups excluding carboxylic acids is 1. The summed E-state index contributed by atoms with van der Waals surface area (Å²) in [4.78, 5) is 27.4. The SMILES string of the molecule is CC(C)(CC(=O)N1CCN(Cc2ccsc2)CC1)C(=O)O. The minimum atomic E-state index is -0.995. The van der Waals surface area contributed by atoms with Gasteiger partial charge in [0.15, 0.2) is 0 Å². The molecule has 0 radical (unpaired) electrons. The van der Waals surface area contributed by atoms with Crippen LogP contribution in [0.1, 0.15) is 25.8 Å². The summed E-state index contributed by atoms with van der Waals surface area (Å²) in [7, 11) is 0. The molecule has 1 N–H and O–H groups in total. The van der Waals surface area contributed by atoms with Crippen molar-refractivity contribution >= 4 is 23.2 Å². The lowest BCUT2D eigenvalue weighted by atomic mass is 9.89. The first-order valence-electron chi connectivity index (χ1n) is 7.13. The van der Waals surface area contributed by atoms with Gasteiger partial charge in [0.1, 0.15) is 0 Å². The van der Waals surface area contributed by atoms with Gasteiger partial charge in [0.05, 0.1) is 5.41 Å². The van der Waals surface area contributed by atoms with Crippen LogP contribution in [0.4, 0.5) is 0 Å². The maximum atomic E-state index is 12.2. The van der Waals surface area contributed by atoms with Crippen LogP contribution in [-0.2, 0) is 16.1 Å². The zero-order valence-corrected chi connectivity index (χ0v) is 13.4. The van der Waals surface area contributed by atoms with Crippen LogP contribution in [0.15, 0.2) is 16.8 Å². The van der Waals surface area contributed by atoms with E-state index >= 15 is 0 Å². The van der Waals surface area contributed by atoms with Gasteiger partial charge in [-0.05, 0) is 36.2 Å². The molecular weight excluding hydrogens is 288 g/mol. The largest absolute Gasteiger partial charge is 0.481 e. The van der Waals surface area contributed by atoms with E-state index in [2.05, 4.69) is 21.7 Å². The molecule has 1 aliphatic rings. The third kappa shape index (κ3) is 4.28. The molecule has 5 nitrogen and oxygen atoms in total. The standard InChI is InChI=1S/C15H22N2O3S/c1-15(2,14(19)20)9-13(18)17-6-4-16(5-7-17)10-12-3-8-21-11-12/h3,8,11H,4-7,9-10H2,1-2H3,(H,19,20). The average Bonchev–Trinajstić information content (AvgIpc) is 2.91. The predicted molar refractivity (Wildman–Crippen MR) is 82.2 cm³/mol. The van der Waals surface area contributed by atoms with Crippen molar-refractivity contribution in [2.75, 3.05) is 26.2 Å². The maximum absolute atomic E-state index is 12.2. The van der Waals surface area contributed by atoms with Crippen molar-refractivity contribution in [1.29, 1.82) is 0 Å². The first-order valence-corrected chi connectivity index (χ1v) is 8.07. The molecule has 2 heterocycles. The Bertz CT molecular complexity index is 491. The first kappa shape index (κ1) is 16.0. The molecule has 0 saturated carbocycles. The number of hydrogen-bond acceptors (Lipinski definition) is 4. The molecule has 0 aromatic carbocycles. The van der Waals surface area contributed by atoms with E-state index in [-0.39, 0.29) is 12.3 Å². The monoisotopic (exact) mass is 310 g/mol. The molecule has 0 unspecified atom stereocenters. The van der Waals surface area contributed by atoms with E-state index in [1.165, 1.54) is 5.56 Å². The lowest BCUT2D eigenvalue weighted by molar-refractivity contribution is -0.152. The Morgan fingerprint density at radius 2 is 1.95 bits per heavy atom. The number of carbonyl (C=O) groups is 2. The highest BCUT2D eigenvalue weighted by molar-refractivity contribution is 7.07. The fourth-order valence-electron chi connectivity index (χ4n) is 2.36. The Hall–Kier alpha value is -1.40. The van der Waals surface area contributed by atoms with E-state index in [4.69, 9.17) is 5.11 Å². The number of nitrogens with zero attached hydrogens (tertiary/aromatic N) is 2. The van der Waals surface area contributed by atoms with E-state index < -0.39 is 11.4 Å². The Balaban J connectivity index is 1.80. The minimum Gasteiger partial charge on any atom is -0.481 e. The van der Waals surface area contributed by atoms with Gasteiger partial charge in [-0.1, -0.05) is 0 Å². The second-order valence-corrected chi connectivity index (χ2v) is 6.93. The van der Waals surface area contributed by atoms with Crippen molar-refractivity contribution in [3.05, 3.63) is 22.4 Å². The van der Waals surface area contributed by atoms with E-state index in [9.17, 15) is 9.59 Å². The average molecular weight is 310 g/mol. The Morgan fingerprint density at radius 1 is 1.29 bits per heavy atom. The lowest BCUT2D eigenvalue weighted by Gasteiger charge is -2.35. The van der Waals surface area contributed by atoms with Crippen molar-refractivity contribution in [2.24, 2.45) is 5.41 Å². The predicted octanol–water partition coefficient (Wildman–Crippen LogP) is 1.89. The number of carboxylic acids is 1. The number of rotatable bonds is 5. The van der Waals surface area contributed by atoms with Gasteiger partial charge in [0.2, 0.25) is 5.91 Å². The summed E-state index contributed by atoms with van der Waals surface area (Å²) in [5.74, 6) is -0.982. The normalized spacial score (nSPS) is 17.0. The second-order valence-electron chi connectivity index (χ2n) is 6.15. The van der Waals surface area contributed by atoms with Crippen LogP contribution in [-0.4, -0.2) is 53.0 Å². The number of piperazine rings is 1. The number of thiophene rings is 1. The highest BCUT2D eigenvalue weighted by Crippen LogP contribution is 2.22. The zero-order chi connectivity index (χ0) is 15.5. The first-order chi connectivity index (χ1) is 9.88. The van der Waals surface area contributed by atoms with Crippen molar-refractivity contribution < 1.29 is 14.7 Å². The molecule has 0 atom stereocenters. The van der Waals surface area contributed by atoms with Gasteiger partial charge < -0.3 is 10.0 Å². The van der Waals surface area contributed by atoms with Gasteiger partial charge in [0.25, 0.3) is 0 Å². The number of amides is 1. The van der Waals surface area contributed by atoms with Gasteiger partial charge in [0, 0.05) is 39.1 Å². The van der Waals surface area contributed by atoms with Gasteiger partial charge in [-0.2, -0.15) is 11.3 Å². The molecule has 1 aromatic rings. The Labute approximate surface area is 129 Å².